The Morgan fingerprint density at radius 1 is 1.16 bits per heavy atom. The molecule has 4 rings (SSSR count). The Morgan fingerprint density at radius 3 is 2.52 bits per heavy atom. The molecule has 2 aliphatic heterocycles. The quantitative estimate of drug-likeness (QED) is 0.789. The van der Waals surface area contributed by atoms with E-state index in [0.29, 0.717) is 29.8 Å². The van der Waals surface area contributed by atoms with Crippen LogP contribution in [0.15, 0.2) is 41.0 Å². The van der Waals surface area contributed by atoms with Crippen LogP contribution < -0.4 is 0 Å². The van der Waals surface area contributed by atoms with E-state index in [0.717, 1.165) is 36.2 Å². The first-order valence-corrected chi connectivity index (χ1v) is 9.19. The van der Waals surface area contributed by atoms with Gasteiger partial charge in [-0.15, -0.1) is 0 Å². The second kappa shape index (κ2) is 6.83. The Hall–Kier alpha value is -1.81. The molecule has 1 aromatic carbocycles. The van der Waals surface area contributed by atoms with Gasteiger partial charge in [-0.25, -0.2) is 4.39 Å². The van der Waals surface area contributed by atoms with E-state index in [2.05, 4.69) is 36.8 Å². The first kappa shape index (κ1) is 16.6. The summed E-state index contributed by atoms with van der Waals surface area (Å²) >= 11 is 3.41. The van der Waals surface area contributed by atoms with Crippen molar-refractivity contribution in [3.63, 3.8) is 0 Å². The van der Waals surface area contributed by atoms with Gasteiger partial charge in [0, 0.05) is 54.5 Å². The van der Waals surface area contributed by atoms with Crippen molar-refractivity contribution in [1.29, 1.82) is 5.26 Å². The van der Waals surface area contributed by atoms with E-state index >= 15 is 0 Å². The van der Waals surface area contributed by atoms with Crippen molar-refractivity contribution < 1.29 is 4.39 Å². The molecule has 128 valence electrons. The third kappa shape index (κ3) is 3.45. The van der Waals surface area contributed by atoms with Crippen LogP contribution in [-0.4, -0.2) is 40.0 Å². The second-order valence-corrected chi connectivity index (χ2v) is 7.70. The number of aromatic nitrogens is 1. The number of rotatable bonds is 4. The largest absolute Gasteiger partial charge is 0.293 e. The number of fused-ring (bicyclic) bond motifs is 2. The Bertz CT molecular complexity index is 817. The van der Waals surface area contributed by atoms with Crippen molar-refractivity contribution in [2.24, 2.45) is 0 Å². The zero-order valence-corrected chi connectivity index (χ0v) is 15.3. The van der Waals surface area contributed by atoms with Gasteiger partial charge in [0.15, 0.2) is 0 Å². The average Bonchev–Trinajstić information content (AvgIpc) is 3.18. The SMILES string of the molecule is N#Cc1ccc(CN2CC3CC2CN3Cc2ccc(Br)cn2)c(F)c1. The van der Waals surface area contributed by atoms with Gasteiger partial charge in [0.25, 0.3) is 0 Å². The van der Waals surface area contributed by atoms with Crippen molar-refractivity contribution in [1.82, 2.24) is 14.8 Å². The zero-order chi connectivity index (χ0) is 17.4. The van der Waals surface area contributed by atoms with Crippen LogP contribution in [-0.2, 0) is 13.1 Å². The standard InChI is InChI=1S/C19H18BrFN4/c20-15-3-4-16(23-8-15)10-25-12-17-6-18(25)11-24(17)9-14-2-1-13(7-22)5-19(14)21/h1-5,8,17-18H,6,9-12H2. The molecule has 0 N–H and O–H groups in total. The van der Waals surface area contributed by atoms with Gasteiger partial charge in [0.2, 0.25) is 0 Å². The van der Waals surface area contributed by atoms with Crippen molar-refractivity contribution in [2.75, 3.05) is 13.1 Å². The summed E-state index contributed by atoms with van der Waals surface area (Å²) in [6.07, 6.45) is 2.97. The van der Waals surface area contributed by atoms with Crippen LogP contribution in [0.2, 0.25) is 0 Å². The molecule has 2 unspecified atom stereocenters. The minimum Gasteiger partial charge on any atom is -0.293 e. The molecular formula is C19H18BrFN4. The lowest BCUT2D eigenvalue weighted by molar-refractivity contribution is 0.116. The smallest absolute Gasteiger partial charge is 0.129 e. The number of benzene rings is 1. The fourth-order valence-corrected chi connectivity index (χ4v) is 4.13. The molecular weight excluding hydrogens is 383 g/mol. The minimum absolute atomic E-state index is 0.280. The maximum atomic E-state index is 14.1. The third-order valence-electron chi connectivity index (χ3n) is 5.18. The molecule has 0 radical (unpaired) electrons. The van der Waals surface area contributed by atoms with Gasteiger partial charge in [0.1, 0.15) is 5.82 Å². The lowest BCUT2D eigenvalue weighted by atomic mass is 10.1. The van der Waals surface area contributed by atoms with E-state index in [1.807, 2.05) is 18.3 Å². The number of halogens is 2. The molecule has 2 aliphatic rings. The van der Waals surface area contributed by atoms with Gasteiger partial charge in [-0.05, 0) is 46.6 Å². The van der Waals surface area contributed by atoms with Gasteiger partial charge in [0.05, 0.1) is 17.3 Å². The molecule has 2 bridgehead atoms. The van der Waals surface area contributed by atoms with Crippen LogP contribution in [0.4, 0.5) is 4.39 Å². The lowest BCUT2D eigenvalue weighted by Crippen LogP contribution is -2.45. The highest BCUT2D eigenvalue weighted by molar-refractivity contribution is 9.10. The molecule has 6 heteroatoms. The molecule has 2 fully saturated rings. The van der Waals surface area contributed by atoms with Gasteiger partial charge in [-0.3, -0.25) is 14.8 Å². The van der Waals surface area contributed by atoms with Crippen LogP contribution in [0.25, 0.3) is 0 Å². The fourth-order valence-electron chi connectivity index (χ4n) is 3.89. The first-order valence-electron chi connectivity index (χ1n) is 8.39. The normalized spacial score (nSPS) is 23.1. The van der Waals surface area contributed by atoms with Crippen LogP contribution >= 0.6 is 15.9 Å². The number of pyridine rings is 1. The van der Waals surface area contributed by atoms with E-state index in [1.54, 1.807) is 12.1 Å². The van der Waals surface area contributed by atoms with Gasteiger partial charge in [-0.2, -0.15) is 5.26 Å². The third-order valence-corrected chi connectivity index (χ3v) is 5.65. The molecule has 2 saturated heterocycles. The summed E-state index contributed by atoms with van der Waals surface area (Å²) in [5.41, 5.74) is 2.13. The minimum atomic E-state index is -0.280. The van der Waals surface area contributed by atoms with Crippen molar-refractivity contribution >= 4 is 15.9 Å². The summed E-state index contributed by atoms with van der Waals surface area (Å²) in [5.74, 6) is -0.280. The predicted molar refractivity (Wildman–Crippen MR) is 96.1 cm³/mol. The van der Waals surface area contributed by atoms with Crippen LogP contribution in [0.3, 0.4) is 0 Å². The molecule has 25 heavy (non-hydrogen) atoms. The highest BCUT2D eigenvalue weighted by atomic mass is 79.9. The highest BCUT2D eigenvalue weighted by Gasteiger charge is 2.43. The van der Waals surface area contributed by atoms with E-state index in [1.165, 1.54) is 6.07 Å². The predicted octanol–water partition coefficient (Wildman–Crippen LogP) is 3.31. The molecule has 0 spiro atoms. The molecule has 2 aromatic rings. The summed E-state index contributed by atoms with van der Waals surface area (Å²) in [5, 5.41) is 8.85. The number of hydrogen-bond donors (Lipinski definition) is 0. The first-order chi connectivity index (χ1) is 12.1. The average molecular weight is 401 g/mol. The monoisotopic (exact) mass is 400 g/mol. The molecule has 0 saturated carbocycles. The Balaban J connectivity index is 1.38. The zero-order valence-electron chi connectivity index (χ0n) is 13.7. The van der Waals surface area contributed by atoms with Crippen LogP contribution in [0, 0.1) is 17.1 Å². The summed E-state index contributed by atoms with van der Waals surface area (Å²) in [4.78, 5) is 9.30. The molecule has 3 heterocycles. The Kier molecular flexibility index (Phi) is 4.55. The van der Waals surface area contributed by atoms with Crippen LogP contribution in [0.5, 0.6) is 0 Å². The summed E-state index contributed by atoms with van der Waals surface area (Å²) in [6, 6.07) is 11.8. The van der Waals surface area contributed by atoms with E-state index in [4.69, 9.17) is 5.26 Å². The number of hydrogen-bond acceptors (Lipinski definition) is 4. The second-order valence-electron chi connectivity index (χ2n) is 6.79. The molecule has 1 aromatic heterocycles. The maximum Gasteiger partial charge on any atom is 0.129 e. The lowest BCUT2D eigenvalue weighted by Gasteiger charge is -2.34. The number of nitrogens with zero attached hydrogens (tertiary/aromatic N) is 4. The Morgan fingerprint density at radius 2 is 1.92 bits per heavy atom. The van der Waals surface area contributed by atoms with Crippen molar-refractivity contribution in [3.8, 4) is 6.07 Å². The Labute approximate surface area is 155 Å². The molecule has 4 nitrogen and oxygen atoms in total. The summed E-state index contributed by atoms with van der Waals surface area (Å²) in [7, 11) is 0. The summed E-state index contributed by atoms with van der Waals surface area (Å²) < 4.78 is 15.1. The fraction of sp³-hybridized carbons (Fsp3) is 0.368. The maximum absolute atomic E-state index is 14.1. The van der Waals surface area contributed by atoms with Gasteiger partial charge >= 0.3 is 0 Å². The number of nitriles is 1. The molecule has 0 amide bonds. The van der Waals surface area contributed by atoms with E-state index in [-0.39, 0.29) is 5.82 Å². The van der Waals surface area contributed by atoms with Crippen molar-refractivity contribution in [3.05, 3.63) is 63.6 Å². The molecule has 0 aliphatic carbocycles. The number of piperazine rings is 1. The van der Waals surface area contributed by atoms with Gasteiger partial charge < -0.3 is 0 Å². The summed E-state index contributed by atoms with van der Waals surface area (Å²) in [6.45, 7) is 3.44. The van der Waals surface area contributed by atoms with E-state index in [9.17, 15) is 4.39 Å². The number of likely N-dealkylation sites (tertiary alicyclic amines) is 2. The van der Waals surface area contributed by atoms with Crippen LogP contribution in [0.1, 0.15) is 23.2 Å². The van der Waals surface area contributed by atoms with Gasteiger partial charge in [-0.1, -0.05) is 6.07 Å². The highest BCUT2D eigenvalue weighted by Crippen LogP contribution is 2.33. The van der Waals surface area contributed by atoms with E-state index < -0.39 is 0 Å². The van der Waals surface area contributed by atoms with Crippen molar-refractivity contribution in [2.45, 2.75) is 31.6 Å². The molecule has 2 atom stereocenters. The topological polar surface area (TPSA) is 43.2 Å².